The summed E-state index contributed by atoms with van der Waals surface area (Å²) in [5.41, 5.74) is 7.42. The molecule has 7 heteroatoms. The first-order valence-electron chi connectivity index (χ1n) is 7.89. The minimum absolute atomic E-state index is 0.0798. The molecule has 26 heavy (non-hydrogen) atoms. The van der Waals surface area contributed by atoms with Gasteiger partial charge in [0.2, 0.25) is 15.9 Å². The lowest BCUT2D eigenvalue weighted by atomic mass is 10.0. The molecule has 3 N–H and O–H groups in total. The molecule has 1 aromatic heterocycles. The molecule has 5 nitrogen and oxygen atoms in total. The van der Waals surface area contributed by atoms with Crippen LogP contribution < -0.4 is 10.5 Å². The van der Waals surface area contributed by atoms with Crippen molar-refractivity contribution in [1.29, 1.82) is 0 Å². The van der Waals surface area contributed by atoms with Gasteiger partial charge >= 0.3 is 0 Å². The Bertz CT molecular complexity index is 994. The minimum atomic E-state index is -3.78. The van der Waals surface area contributed by atoms with Crippen molar-refractivity contribution in [3.8, 4) is 0 Å². The molecule has 3 aromatic rings. The molecule has 2 aromatic carbocycles. The number of thiophene rings is 1. The van der Waals surface area contributed by atoms with Gasteiger partial charge in [0.05, 0.1) is 10.9 Å². The Morgan fingerprint density at radius 1 is 1.04 bits per heavy atom. The van der Waals surface area contributed by atoms with E-state index in [1.807, 2.05) is 48.7 Å². The number of aryl methyl sites for hydroxylation is 1. The number of amides is 1. The molecule has 0 spiro atoms. The molecule has 0 unspecified atom stereocenters. The third kappa shape index (κ3) is 4.01. The van der Waals surface area contributed by atoms with Crippen LogP contribution >= 0.6 is 11.3 Å². The zero-order valence-corrected chi connectivity index (χ0v) is 15.7. The first-order valence-corrected chi connectivity index (χ1v) is 10.3. The molecule has 3 rings (SSSR count). The van der Waals surface area contributed by atoms with Crippen LogP contribution in [0.1, 0.15) is 32.4 Å². The van der Waals surface area contributed by atoms with Crippen molar-refractivity contribution in [2.75, 3.05) is 0 Å². The first-order chi connectivity index (χ1) is 12.4. The van der Waals surface area contributed by atoms with E-state index in [1.54, 1.807) is 0 Å². The van der Waals surface area contributed by atoms with E-state index in [1.165, 1.54) is 35.6 Å². The van der Waals surface area contributed by atoms with Crippen LogP contribution in [0.15, 0.2) is 70.9 Å². The number of primary amides is 1. The van der Waals surface area contributed by atoms with Gasteiger partial charge in [0.25, 0.3) is 0 Å². The maximum atomic E-state index is 12.8. The van der Waals surface area contributed by atoms with Gasteiger partial charge in [-0.3, -0.25) is 4.79 Å². The number of carbonyl (C=O) groups excluding carboxylic acids is 1. The van der Waals surface area contributed by atoms with Gasteiger partial charge in [0, 0.05) is 10.4 Å². The normalized spacial score (nSPS) is 12.7. The summed E-state index contributed by atoms with van der Waals surface area (Å²) < 4.78 is 28.4. The number of nitrogens with one attached hydrogen (secondary N) is 1. The van der Waals surface area contributed by atoms with Crippen LogP contribution in [0.25, 0.3) is 0 Å². The summed E-state index contributed by atoms with van der Waals surface area (Å²) in [5.74, 6) is -0.599. The van der Waals surface area contributed by atoms with Crippen molar-refractivity contribution < 1.29 is 13.2 Å². The molecular weight excluding hydrogens is 368 g/mol. The third-order valence-corrected chi connectivity index (χ3v) is 6.34. The number of rotatable bonds is 6. The zero-order chi connectivity index (χ0) is 18.7. The SMILES string of the molecule is Cc1ccc([C@H](NS(=O)(=O)c2ccc(C(N)=O)cc2)c2cccs2)cc1. The van der Waals surface area contributed by atoms with Crippen LogP contribution in [0.5, 0.6) is 0 Å². The van der Waals surface area contributed by atoms with Gasteiger partial charge in [-0.1, -0.05) is 35.9 Å². The van der Waals surface area contributed by atoms with E-state index >= 15 is 0 Å². The summed E-state index contributed by atoms with van der Waals surface area (Å²) in [6, 6.07) is 16.6. The van der Waals surface area contributed by atoms with E-state index in [-0.39, 0.29) is 10.5 Å². The maximum absolute atomic E-state index is 12.8. The lowest BCUT2D eigenvalue weighted by Gasteiger charge is -2.18. The molecule has 134 valence electrons. The number of hydrogen-bond acceptors (Lipinski definition) is 4. The summed E-state index contributed by atoms with van der Waals surface area (Å²) in [7, 11) is -3.78. The second kappa shape index (κ2) is 7.41. The van der Waals surface area contributed by atoms with E-state index in [0.717, 1.165) is 16.0 Å². The van der Waals surface area contributed by atoms with Crippen LogP contribution in [-0.4, -0.2) is 14.3 Å². The van der Waals surface area contributed by atoms with Gasteiger partial charge in [0.15, 0.2) is 0 Å². The third-order valence-electron chi connectivity index (χ3n) is 3.96. The van der Waals surface area contributed by atoms with Gasteiger partial charge < -0.3 is 5.73 Å². The standard InChI is InChI=1S/C19H18N2O3S2/c1-13-4-6-14(7-5-13)18(17-3-2-12-25-17)21-26(23,24)16-10-8-15(9-11-16)19(20)22/h2-12,18,21H,1H3,(H2,20,22)/t18-/m0/s1. The molecule has 0 saturated heterocycles. The second-order valence-electron chi connectivity index (χ2n) is 5.87. The number of hydrogen-bond donors (Lipinski definition) is 2. The van der Waals surface area contributed by atoms with Crippen molar-refractivity contribution in [2.24, 2.45) is 5.73 Å². The second-order valence-corrected chi connectivity index (χ2v) is 8.56. The lowest BCUT2D eigenvalue weighted by Crippen LogP contribution is -2.29. The van der Waals surface area contributed by atoms with Crippen LogP contribution in [0.2, 0.25) is 0 Å². The fourth-order valence-corrected chi connectivity index (χ4v) is 4.61. The van der Waals surface area contributed by atoms with Gasteiger partial charge in [0.1, 0.15) is 0 Å². The summed E-state index contributed by atoms with van der Waals surface area (Å²) in [6.07, 6.45) is 0. The van der Waals surface area contributed by atoms with Crippen molar-refractivity contribution in [1.82, 2.24) is 4.72 Å². The Morgan fingerprint density at radius 3 is 2.23 bits per heavy atom. The molecule has 0 bridgehead atoms. The van der Waals surface area contributed by atoms with Crippen molar-refractivity contribution in [3.05, 3.63) is 87.6 Å². The molecule has 0 aliphatic heterocycles. The monoisotopic (exact) mass is 386 g/mol. The average molecular weight is 386 g/mol. The zero-order valence-electron chi connectivity index (χ0n) is 14.0. The summed E-state index contributed by atoms with van der Waals surface area (Å²) in [4.78, 5) is 12.1. The molecule has 0 aliphatic carbocycles. The van der Waals surface area contributed by atoms with Crippen molar-refractivity contribution in [3.63, 3.8) is 0 Å². The van der Waals surface area contributed by atoms with Crippen LogP contribution in [0.4, 0.5) is 0 Å². The molecule has 1 heterocycles. The van der Waals surface area contributed by atoms with Crippen LogP contribution in [0.3, 0.4) is 0 Å². The van der Waals surface area contributed by atoms with E-state index in [0.29, 0.717) is 0 Å². The fourth-order valence-electron chi connectivity index (χ4n) is 2.53. The fraction of sp³-hybridized carbons (Fsp3) is 0.105. The predicted molar refractivity (Wildman–Crippen MR) is 103 cm³/mol. The van der Waals surface area contributed by atoms with Gasteiger partial charge in [-0.15, -0.1) is 11.3 Å². The van der Waals surface area contributed by atoms with E-state index in [9.17, 15) is 13.2 Å². The smallest absolute Gasteiger partial charge is 0.248 e. The van der Waals surface area contributed by atoms with E-state index in [2.05, 4.69) is 4.72 Å². The summed E-state index contributed by atoms with van der Waals surface area (Å²) >= 11 is 1.48. The summed E-state index contributed by atoms with van der Waals surface area (Å²) in [6.45, 7) is 1.98. The Morgan fingerprint density at radius 2 is 1.69 bits per heavy atom. The predicted octanol–water partition coefficient (Wildman–Crippen LogP) is 3.22. The number of carbonyl (C=O) groups is 1. The highest BCUT2D eigenvalue weighted by Gasteiger charge is 2.23. The Kier molecular flexibility index (Phi) is 5.22. The van der Waals surface area contributed by atoms with Crippen LogP contribution in [0, 0.1) is 6.92 Å². The van der Waals surface area contributed by atoms with E-state index in [4.69, 9.17) is 5.73 Å². The topological polar surface area (TPSA) is 89.3 Å². The maximum Gasteiger partial charge on any atom is 0.248 e. The van der Waals surface area contributed by atoms with Gasteiger partial charge in [-0.25, -0.2) is 8.42 Å². The number of sulfonamides is 1. The quantitative estimate of drug-likeness (QED) is 0.682. The average Bonchev–Trinajstić information content (AvgIpc) is 3.15. The molecular formula is C19H18N2O3S2. The molecule has 0 radical (unpaired) electrons. The highest BCUT2D eigenvalue weighted by molar-refractivity contribution is 7.89. The van der Waals surface area contributed by atoms with Gasteiger partial charge in [-0.05, 0) is 48.2 Å². The number of benzene rings is 2. The molecule has 0 saturated carbocycles. The first kappa shape index (κ1) is 18.3. The largest absolute Gasteiger partial charge is 0.366 e. The van der Waals surface area contributed by atoms with E-state index < -0.39 is 22.0 Å². The minimum Gasteiger partial charge on any atom is -0.366 e. The Labute approximate surface area is 156 Å². The Hall–Kier alpha value is -2.48. The Balaban J connectivity index is 1.95. The molecule has 0 fully saturated rings. The highest BCUT2D eigenvalue weighted by atomic mass is 32.2. The molecule has 0 aliphatic rings. The lowest BCUT2D eigenvalue weighted by molar-refractivity contribution is 0.1000. The highest BCUT2D eigenvalue weighted by Crippen LogP contribution is 2.28. The van der Waals surface area contributed by atoms with Crippen LogP contribution in [-0.2, 0) is 10.0 Å². The van der Waals surface area contributed by atoms with Crippen molar-refractivity contribution >= 4 is 27.3 Å². The molecule has 1 atom stereocenters. The van der Waals surface area contributed by atoms with Crippen molar-refractivity contribution in [2.45, 2.75) is 17.9 Å². The number of nitrogens with two attached hydrogens (primary N) is 1. The summed E-state index contributed by atoms with van der Waals surface area (Å²) in [5, 5.41) is 1.91. The molecule has 1 amide bonds. The van der Waals surface area contributed by atoms with Gasteiger partial charge in [-0.2, -0.15) is 4.72 Å².